The van der Waals surface area contributed by atoms with E-state index >= 15 is 0 Å². The monoisotopic (exact) mass is 653 g/mol. The molecule has 16 nitrogen and oxygen atoms in total. The second-order valence-corrected chi connectivity index (χ2v) is 11.5. The van der Waals surface area contributed by atoms with Crippen LogP contribution in [-0.2, 0) is 23.9 Å². The summed E-state index contributed by atoms with van der Waals surface area (Å²) in [4.78, 5) is 69.6. The Bertz CT molecular complexity index is 1180. The predicted molar refractivity (Wildman–Crippen MR) is 160 cm³/mol. The fraction of sp³-hybridized carbons (Fsp3) is 0.571. The van der Waals surface area contributed by atoms with Crippen LogP contribution in [0.15, 0.2) is 18.2 Å². The average molecular weight is 654 g/mol. The molecule has 0 aromatic heterocycles. The highest BCUT2D eigenvalue weighted by Crippen LogP contribution is 2.33. The zero-order valence-corrected chi connectivity index (χ0v) is 25.4. The molecule has 45 heavy (non-hydrogen) atoms. The maximum atomic E-state index is 12.5. The number of rotatable bonds is 21. The van der Waals surface area contributed by atoms with Crippen LogP contribution in [-0.4, -0.2) is 115 Å². The van der Waals surface area contributed by atoms with Crippen LogP contribution in [0, 0.1) is 0 Å². The topological polar surface area (TPSA) is 231 Å². The number of urea groups is 1. The molecule has 1 aromatic carbocycles. The summed E-state index contributed by atoms with van der Waals surface area (Å²) in [6.45, 7) is -0.381. The molecule has 2 aliphatic heterocycles. The second-order valence-electron chi connectivity index (χ2n) is 10.2. The van der Waals surface area contributed by atoms with Crippen LogP contribution in [0.1, 0.15) is 42.5 Å². The normalized spacial score (nSPS) is 18.2. The number of ether oxygens (including phenoxy) is 3. The molecule has 0 spiro atoms. The number of aliphatic carboxylic acids is 2. The number of thioether (sulfide) groups is 1. The molecule has 0 saturated carbocycles. The van der Waals surface area contributed by atoms with Gasteiger partial charge in [0.05, 0.1) is 25.3 Å². The smallest absolute Gasteiger partial charge is 0.341 e. The summed E-state index contributed by atoms with van der Waals surface area (Å²) in [6, 6.07) is 4.10. The van der Waals surface area contributed by atoms with Crippen molar-refractivity contribution in [1.82, 2.24) is 26.6 Å². The molecular weight excluding hydrogens is 614 g/mol. The highest BCUT2D eigenvalue weighted by molar-refractivity contribution is 8.00. The van der Waals surface area contributed by atoms with Crippen LogP contribution in [0.5, 0.6) is 11.5 Å². The molecule has 2 heterocycles. The van der Waals surface area contributed by atoms with Gasteiger partial charge in [0.1, 0.15) is 11.5 Å². The quantitative estimate of drug-likeness (QED) is 0.0670. The van der Waals surface area contributed by atoms with Crippen LogP contribution in [0.2, 0.25) is 0 Å². The lowest BCUT2D eigenvalue weighted by atomic mass is 10.0. The Morgan fingerprint density at radius 2 is 1.47 bits per heavy atom. The summed E-state index contributed by atoms with van der Waals surface area (Å²) in [6.07, 6.45) is 3.12. The number of carboxylic acids is 2. The minimum absolute atomic E-state index is 0.00495. The number of amides is 5. The fourth-order valence-corrected chi connectivity index (χ4v) is 6.16. The third-order valence-corrected chi connectivity index (χ3v) is 8.23. The Morgan fingerprint density at radius 3 is 2.16 bits per heavy atom. The van der Waals surface area contributed by atoms with E-state index in [0.717, 1.165) is 25.0 Å². The summed E-state index contributed by atoms with van der Waals surface area (Å²) in [7, 11) is 0. The molecule has 3 atom stereocenters. The lowest BCUT2D eigenvalue weighted by Gasteiger charge is -2.16. The Balaban J connectivity index is 1.20. The number of benzene rings is 1. The number of carbonyl (C=O) groups excluding carboxylic acids is 4. The summed E-state index contributed by atoms with van der Waals surface area (Å²) in [5, 5.41) is 31.9. The summed E-state index contributed by atoms with van der Waals surface area (Å²) >= 11 is 1.85. The maximum Gasteiger partial charge on any atom is 0.341 e. The number of fused-ring (bicyclic) bond motifs is 1. The van der Waals surface area contributed by atoms with Crippen molar-refractivity contribution in [3.05, 3.63) is 23.8 Å². The number of hydrogen-bond acceptors (Lipinski definition) is 10. The molecule has 0 unspecified atom stereocenters. The first-order valence-electron chi connectivity index (χ1n) is 14.5. The zero-order chi connectivity index (χ0) is 32.6. The third kappa shape index (κ3) is 13.1. The number of nitrogens with one attached hydrogen (secondary N) is 5. The predicted octanol–water partition coefficient (Wildman–Crippen LogP) is -0.292. The van der Waals surface area contributed by atoms with E-state index in [1.165, 1.54) is 18.2 Å². The lowest BCUT2D eigenvalue weighted by Crippen LogP contribution is -2.36. The molecule has 7 N–H and O–H groups in total. The summed E-state index contributed by atoms with van der Waals surface area (Å²) < 4.78 is 15.6. The van der Waals surface area contributed by atoms with Crippen molar-refractivity contribution in [1.29, 1.82) is 0 Å². The zero-order valence-electron chi connectivity index (χ0n) is 24.6. The van der Waals surface area contributed by atoms with Gasteiger partial charge >= 0.3 is 18.0 Å². The largest absolute Gasteiger partial charge is 0.482 e. The van der Waals surface area contributed by atoms with Gasteiger partial charge in [0, 0.05) is 55.1 Å². The van der Waals surface area contributed by atoms with Crippen molar-refractivity contribution in [2.75, 3.05) is 51.8 Å². The van der Waals surface area contributed by atoms with Crippen molar-refractivity contribution in [3.8, 4) is 11.5 Å². The van der Waals surface area contributed by atoms with Gasteiger partial charge in [0.15, 0.2) is 13.2 Å². The molecule has 17 heteroatoms. The van der Waals surface area contributed by atoms with Crippen LogP contribution in [0.3, 0.4) is 0 Å². The molecule has 0 radical (unpaired) electrons. The van der Waals surface area contributed by atoms with Crippen LogP contribution in [0.4, 0.5) is 4.79 Å². The van der Waals surface area contributed by atoms with Gasteiger partial charge in [-0.05, 0) is 25.0 Å². The first-order valence-corrected chi connectivity index (χ1v) is 15.6. The minimum Gasteiger partial charge on any atom is -0.482 e. The van der Waals surface area contributed by atoms with Gasteiger partial charge in [0.2, 0.25) is 11.8 Å². The molecular formula is C28H39N5O11S. The molecule has 1 aromatic rings. The molecule has 5 amide bonds. The van der Waals surface area contributed by atoms with Gasteiger partial charge < -0.3 is 51.0 Å². The molecule has 0 bridgehead atoms. The number of unbranched alkanes of at least 4 members (excludes halogenated alkanes) is 1. The lowest BCUT2D eigenvalue weighted by molar-refractivity contribution is -0.140. The van der Waals surface area contributed by atoms with Gasteiger partial charge in [-0.3, -0.25) is 14.4 Å². The van der Waals surface area contributed by atoms with Gasteiger partial charge in [-0.1, -0.05) is 6.42 Å². The minimum atomic E-state index is -1.24. The van der Waals surface area contributed by atoms with Gasteiger partial charge in [0.25, 0.3) is 5.91 Å². The maximum absolute atomic E-state index is 12.5. The molecule has 2 saturated heterocycles. The Labute approximate surface area is 263 Å². The molecule has 3 rings (SSSR count). The van der Waals surface area contributed by atoms with E-state index in [4.69, 9.17) is 24.4 Å². The van der Waals surface area contributed by atoms with Crippen LogP contribution >= 0.6 is 11.8 Å². The van der Waals surface area contributed by atoms with Gasteiger partial charge in [-0.15, -0.1) is 0 Å². The molecule has 248 valence electrons. The van der Waals surface area contributed by atoms with Crippen LogP contribution in [0.25, 0.3) is 0 Å². The summed E-state index contributed by atoms with van der Waals surface area (Å²) in [5.41, 5.74) is 0.0457. The molecule has 0 aliphatic carbocycles. The Hall–Kier alpha value is -4.25. The number of carboxylic acid groups (broad SMARTS) is 2. The number of hydrogen-bond donors (Lipinski definition) is 7. The van der Waals surface area contributed by atoms with Crippen molar-refractivity contribution in [3.63, 3.8) is 0 Å². The molecule has 2 fully saturated rings. The van der Waals surface area contributed by atoms with E-state index in [1.807, 2.05) is 11.8 Å². The van der Waals surface area contributed by atoms with Crippen LogP contribution < -0.4 is 36.1 Å². The van der Waals surface area contributed by atoms with Crippen molar-refractivity contribution >= 4 is 47.5 Å². The summed E-state index contributed by atoms with van der Waals surface area (Å²) in [5.74, 6) is -2.47. The first kappa shape index (κ1) is 35.2. The fourth-order valence-electron chi connectivity index (χ4n) is 4.62. The third-order valence-electron chi connectivity index (χ3n) is 6.72. The SMILES string of the molecule is O=C(O)COc1cc(OCC(=O)O)cc(C(=O)NCCNC(=O)CCOCCNC(=O)CCCC[C@@H]2SC[C@@H]3NC(=O)N[C@@H]32)c1. The van der Waals surface area contributed by atoms with E-state index in [9.17, 15) is 28.8 Å². The molecule has 2 aliphatic rings. The number of carbonyl (C=O) groups is 6. The first-order chi connectivity index (χ1) is 21.6. The van der Waals surface area contributed by atoms with E-state index in [1.54, 1.807) is 0 Å². The van der Waals surface area contributed by atoms with Crippen molar-refractivity contribution in [2.24, 2.45) is 0 Å². The van der Waals surface area contributed by atoms with Gasteiger partial charge in [-0.25, -0.2) is 14.4 Å². The highest BCUT2D eigenvalue weighted by Gasteiger charge is 2.42. The highest BCUT2D eigenvalue weighted by atomic mass is 32.2. The Morgan fingerprint density at radius 1 is 0.822 bits per heavy atom. The van der Waals surface area contributed by atoms with E-state index < -0.39 is 31.1 Å². The van der Waals surface area contributed by atoms with E-state index in [-0.39, 0.29) is 79.7 Å². The van der Waals surface area contributed by atoms with Crippen molar-refractivity contribution in [2.45, 2.75) is 49.4 Å². The van der Waals surface area contributed by atoms with E-state index in [0.29, 0.717) is 18.2 Å². The standard InChI is InChI=1S/C28H39N5O11S/c34-22(4-2-1-3-21-26-20(16-45-21)32-28(41)33-26)30-8-10-42-9-5-23(35)29-6-7-31-27(40)17-11-18(43-14-24(36)37)13-19(12-17)44-15-25(38)39/h11-13,20-21,26H,1-10,14-16H2,(H,29,35)(H,30,34)(H,31,40)(H,36,37)(H,38,39)(H2,32,33,41)/t20-,21-,26-/m0/s1. The van der Waals surface area contributed by atoms with Crippen molar-refractivity contribution < 1.29 is 53.2 Å². The van der Waals surface area contributed by atoms with E-state index in [2.05, 4.69) is 26.6 Å². The van der Waals surface area contributed by atoms with Gasteiger partial charge in [-0.2, -0.15) is 11.8 Å². The second kappa shape index (κ2) is 18.5. The Kier molecular flexibility index (Phi) is 14.5. The average Bonchev–Trinajstić information content (AvgIpc) is 3.55.